The molecule has 12 nitrogen and oxygen atoms in total. The van der Waals surface area contributed by atoms with Gasteiger partial charge in [-0.15, -0.1) is 0 Å². The molecule has 44 heavy (non-hydrogen) atoms. The minimum absolute atomic E-state index is 0.0414. The van der Waals surface area contributed by atoms with Crippen LogP contribution < -0.4 is 10.6 Å². The Morgan fingerprint density at radius 2 is 1.68 bits per heavy atom. The van der Waals surface area contributed by atoms with Gasteiger partial charge in [0.2, 0.25) is 5.91 Å². The number of ketones is 4. The summed E-state index contributed by atoms with van der Waals surface area (Å²) in [4.78, 5) is 72.3. The highest BCUT2D eigenvalue weighted by Gasteiger charge is 2.73. The van der Waals surface area contributed by atoms with Gasteiger partial charge in [-0.2, -0.15) is 0 Å². The molecule has 1 aliphatic heterocycles. The third kappa shape index (κ3) is 4.48. The Bertz CT molecular complexity index is 1450. The molecule has 3 aliphatic carbocycles. The van der Waals surface area contributed by atoms with E-state index in [1.165, 1.54) is 19.0 Å². The number of phenols is 1. The van der Waals surface area contributed by atoms with E-state index in [9.17, 15) is 48.1 Å². The predicted octanol–water partition coefficient (Wildman–Crippen LogP) is -0.304. The predicted molar refractivity (Wildman–Crippen MR) is 151 cm³/mol. The molecule has 1 saturated heterocycles. The summed E-state index contributed by atoms with van der Waals surface area (Å²) in [7, 11) is 6.26. The van der Waals surface area contributed by atoms with Crippen molar-refractivity contribution in [2.24, 2.45) is 29.4 Å². The number of likely N-dealkylation sites (N-methyl/N-ethyl adjacent to an activating group) is 1. The Balaban J connectivity index is 1.66. The lowest BCUT2D eigenvalue weighted by Crippen LogP contribution is -2.77. The van der Waals surface area contributed by atoms with E-state index in [1.807, 2.05) is 0 Å². The summed E-state index contributed by atoms with van der Waals surface area (Å²) in [6.45, 7) is 1.81. The Hall–Kier alpha value is -3.33. The van der Waals surface area contributed by atoms with E-state index in [2.05, 4.69) is 0 Å². The number of halogens is 2. The number of fused-ring (bicyclic) bond motifs is 3. The fourth-order valence-corrected chi connectivity index (χ4v) is 7.94. The highest BCUT2D eigenvalue weighted by molar-refractivity contribution is 6.32. The number of nitrogens with zero attached hydrogens (tertiary/aromatic N) is 3. The number of primary amides is 1. The Labute approximate surface area is 252 Å². The molecule has 5 rings (SSSR count). The van der Waals surface area contributed by atoms with Crippen molar-refractivity contribution in [3.63, 3.8) is 0 Å². The van der Waals surface area contributed by atoms with Crippen molar-refractivity contribution in [1.82, 2.24) is 9.80 Å². The van der Waals surface area contributed by atoms with Crippen molar-refractivity contribution >= 4 is 34.7 Å². The fourth-order valence-electron chi connectivity index (χ4n) is 7.94. The summed E-state index contributed by atoms with van der Waals surface area (Å²) >= 11 is 0. The summed E-state index contributed by atoms with van der Waals surface area (Å²) in [6.07, 6.45) is -2.46. The Morgan fingerprint density at radius 1 is 1.09 bits per heavy atom. The molecule has 8 atom stereocenters. The van der Waals surface area contributed by atoms with E-state index in [1.54, 1.807) is 36.9 Å². The molecule has 1 aromatic carbocycles. The first-order valence-corrected chi connectivity index (χ1v) is 14.6. The second-order valence-corrected chi connectivity index (χ2v) is 13.1. The summed E-state index contributed by atoms with van der Waals surface area (Å²) in [5, 5.41) is 35.2. The standard InChI is InChI=1S/C30H38F2N4O8/c1-12-15-14(34(2)3)10-13(11-36-8-6-29(31,32)7-9-36)22(37)17(15)23(38)18-16(12)24(39)20-21(35(4)5)25(40)19(28(33)43)27(42)30(20,44)26(18)41/h10,12,16,18-21,24,37,39,44H,6-9,11H2,1-5H3,(H2,33,43)/t12-,16+,18?,19?,20+,21-,24-,30-/m0/s1. The molecular weight excluding hydrogens is 582 g/mol. The lowest BCUT2D eigenvalue weighted by atomic mass is 9.49. The topological polar surface area (TPSA) is 182 Å². The maximum Gasteiger partial charge on any atom is 0.250 e. The molecule has 0 spiro atoms. The SMILES string of the molecule is C[C@H]1c2c(N(C)C)cc(CN3CCC(F)(F)CC3)c(O)c2C(=O)C2C(=O)[C@]3(O)C(=O)C(C(N)=O)C(=O)[C@@H](N(C)C)[C@@H]3[C@@H](O)[C@@H]21. The van der Waals surface area contributed by atoms with Gasteiger partial charge in [-0.1, -0.05) is 6.92 Å². The number of hydrogen-bond acceptors (Lipinski definition) is 11. The first-order valence-electron chi connectivity index (χ1n) is 14.6. The number of anilines is 1. The van der Waals surface area contributed by atoms with Crippen LogP contribution in [0.2, 0.25) is 0 Å². The summed E-state index contributed by atoms with van der Waals surface area (Å²) in [6, 6.07) is 0.186. The van der Waals surface area contributed by atoms with Gasteiger partial charge in [0, 0.05) is 63.7 Å². The number of nitrogens with two attached hydrogens (primary N) is 1. The van der Waals surface area contributed by atoms with Crippen LogP contribution in [0.4, 0.5) is 14.5 Å². The average molecular weight is 621 g/mol. The van der Waals surface area contributed by atoms with E-state index in [-0.39, 0.29) is 43.6 Å². The molecule has 1 amide bonds. The second-order valence-electron chi connectivity index (χ2n) is 13.1. The molecule has 2 saturated carbocycles. The number of amides is 1. The van der Waals surface area contributed by atoms with Gasteiger partial charge in [-0.25, -0.2) is 8.78 Å². The molecular formula is C30H38F2N4O8. The van der Waals surface area contributed by atoms with E-state index in [4.69, 9.17) is 5.73 Å². The fraction of sp³-hybridized carbons (Fsp3) is 0.633. The van der Waals surface area contributed by atoms with Gasteiger partial charge in [-0.3, -0.25) is 33.8 Å². The maximum absolute atomic E-state index is 14.3. The molecule has 1 heterocycles. The number of hydrogen-bond donors (Lipinski definition) is 4. The van der Waals surface area contributed by atoms with Crippen molar-refractivity contribution < 1.29 is 48.1 Å². The number of aliphatic hydroxyl groups is 2. The normalized spacial score (nSPS) is 35.3. The van der Waals surface area contributed by atoms with Gasteiger partial charge in [0.1, 0.15) is 5.75 Å². The van der Waals surface area contributed by atoms with Crippen LogP contribution >= 0.6 is 0 Å². The Kier molecular flexibility index (Phi) is 7.76. The van der Waals surface area contributed by atoms with Crippen molar-refractivity contribution in [2.75, 3.05) is 46.2 Å². The molecule has 3 fully saturated rings. The van der Waals surface area contributed by atoms with Crippen molar-refractivity contribution in [2.45, 2.75) is 55.9 Å². The third-order valence-corrected chi connectivity index (χ3v) is 10.1. The summed E-state index contributed by atoms with van der Waals surface area (Å²) < 4.78 is 27.6. The van der Waals surface area contributed by atoms with Gasteiger partial charge < -0.3 is 26.0 Å². The number of likely N-dealkylation sites (tertiary alicyclic amines) is 1. The highest BCUT2D eigenvalue weighted by Crippen LogP contribution is 2.56. The van der Waals surface area contributed by atoms with Gasteiger partial charge >= 0.3 is 0 Å². The van der Waals surface area contributed by atoms with Gasteiger partial charge in [0.25, 0.3) is 5.92 Å². The van der Waals surface area contributed by atoms with Crippen molar-refractivity contribution in [3.8, 4) is 5.75 Å². The number of Topliss-reactive ketones (excluding diaryl/α,β-unsaturated/α-hetero) is 4. The van der Waals surface area contributed by atoms with E-state index in [0.29, 0.717) is 11.3 Å². The molecule has 4 aliphatic rings. The third-order valence-electron chi connectivity index (χ3n) is 10.1. The molecule has 240 valence electrons. The number of carbonyl (C=O) groups is 5. The number of alkyl halides is 2. The molecule has 0 bridgehead atoms. The zero-order valence-electron chi connectivity index (χ0n) is 25.2. The first kappa shape index (κ1) is 32.1. The smallest absolute Gasteiger partial charge is 0.250 e. The van der Waals surface area contributed by atoms with Crippen LogP contribution in [0.25, 0.3) is 0 Å². The second kappa shape index (κ2) is 10.6. The summed E-state index contributed by atoms with van der Waals surface area (Å²) in [5.74, 6) is -16.9. The van der Waals surface area contributed by atoms with Crippen LogP contribution in [0, 0.1) is 23.7 Å². The zero-order valence-corrected chi connectivity index (χ0v) is 25.2. The van der Waals surface area contributed by atoms with Gasteiger partial charge in [0.05, 0.1) is 29.5 Å². The molecule has 1 aromatic rings. The van der Waals surface area contributed by atoms with Crippen LogP contribution in [0.5, 0.6) is 5.75 Å². The summed E-state index contributed by atoms with van der Waals surface area (Å²) in [5.41, 5.74) is 3.12. The number of carbonyl (C=O) groups excluding carboxylic acids is 5. The van der Waals surface area contributed by atoms with Crippen LogP contribution in [-0.2, 0) is 25.7 Å². The lowest BCUT2D eigenvalue weighted by molar-refractivity contribution is -0.196. The van der Waals surface area contributed by atoms with Crippen LogP contribution in [0.15, 0.2) is 6.07 Å². The minimum atomic E-state index is -3.09. The number of aliphatic hydroxyl groups excluding tert-OH is 1. The highest BCUT2D eigenvalue weighted by atomic mass is 19.3. The van der Waals surface area contributed by atoms with Gasteiger partial charge in [-0.05, 0) is 31.6 Å². The maximum atomic E-state index is 14.3. The monoisotopic (exact) mass is 620 g/mol. The first-order chi connectivity index (χ1) is 20.4. The average Bonchev–Trinajstić information content (AvgIpc) is 2.92. The number of benzene rings is 1. The van der Waals surface area contributed by atoms with Crippen LogP contribution in [0.1, 0.15) is 47.2 Å². The zero-order chi connectivity index (χ0) is 32.8. The molecule has 2 unspecified atom stereocenters. The molecule has 0 aromatic heterocycles. The quantitative estimate of drug-likeness (QED) is 0.317. The lowest BCUT2D eigenvalue weighted by Gasteiger charge is -2.56. The minimum Gasteiger partial charge on any atom is -0.507 e. The number of piperidine rings is 1. The number of phenolic OH excluding ortho intramolecular Hbond substituents is 1. The van der Waals surface area contributed by atoms with E-state index < -0.39 is 88.0 Å². The molecule has 5 N–H and O–H groups in total. The largest absolute Gasteiger partial charge is 0.507 e. The van der Waals surface area contributed by atoms with E-state index >= 15 is 0 Å². The van der Waals surface area contributed by atoms with Crippen LogP contribution in [-0.4, -0.2) is 119 Å². The number of rotatable bonds is 5. The van der Waals surface area contributed by atoms with Crippen molar-refractivity contribution in [1.29, 1.82) is 0 Å². The molecule has 14 heteroatoms. The van der Waals surface area contributed by atoms with Gasteiger partial charge in [0.15, 0.2) is 34.7 Å². The van der Waals surface area contributed by atoms with E-state index in [0.717, 1.165) is 0 Å². The van der Waals surface area contributed by atoms with Crippen molar-refractivity contribution in [3.05, 3.63) is 22.8 Å². The number of aromatic hydroxyl groups is 1. The van der Waals surface area contributed by atoms with Crippen LogP contribution in [0.3, 0.4) is 0 Å². The molecule has 0 radical (unpaired) electrons. The Morgan fingerprint density at radius 3 is 2.20 bits per heavy atom.